The summed E-state index contributed by atoms with van der Waals surface area (Å²) in [5.41, 5.74) is 0.785. The largest absolute Gasteiger partial charge is 0.381 e. The van der Waals surface area contributed by atoms with Gasteiger partial charge in [-0.15, -0.1) is 11.3 Å². The Morgan fingerprint density at radius 2 is 2.32 bits per heavy atom. The van der Waals surface area contributed by atoms with E-state index >= 15 is 0 Å². The Morgan fingerprint density at radius 1 is 1.42 bits per heavy atom. The number of hydrogen-bond donors (Lipinski definition) is 1. The number of aromatic nitrogens is 3. The molecule has 1 aliphatic rings. The molecular formula is C12H16N4OS2. The van der Waals surface area contributed by atoms with Crippen LogP contribution in [0.3, 0.4) is 0 Å². The molecule has 2 unspecified atom stereocenters. The molecule has 5 nitrogen and oxygen atoms in total. The van der Waals surface area contributed by atoms with Gasteiger partial charge in [0.2, 0.25) is 0 Å². The SMILES string of the molecule is COC1CCC(Nc2ncnc3nc(SC)sc23)C1. The van der Waals surface area contributed by atoms with Crippen LogP contribution in [0.25, 0.3) is 10.3 Å². The number of ether oxygens (including phenoxy) is 1. The smallest absolute Gasteiger partial charge is 0.176 e. The van der Waals surface area contributed by atoms with Crippen LogP contribution in [-0.2, 0) is 4.74 Å². The monoisotopic (exact) mass is 296 g/mol. The predicted molar refractivity (Wildman–Crippen MR) is 79.0 cm³/mol. The molecule has 7 heteroatoms. The minimum atomic E-state index is 0.373. The van der Waals surface area contributed by atoms with E-state index in [-0.39, 0.29) is 0 Å². The first-order chi connectivity index (χ1) is 9.30. The molecular weight excluding hydrogens is 280 g/mol. The fourth-order valence-corrected chi connectivity index (χ4v) is 3.87. The number of methoxy groups -OCH3 is 1. The van der Waals surface area contributed by atoms with Crippen molar-refractivity contribution in [3.8, 4) is 0 Å². The third kappa shape index (κ3) is 2.68. The average Bonchev–Trinajstić information content (AvgIpc) is 3.05. The number of thioether (sulfide) groups is 1. The Labute approximate surface area is 120 Å². The van der Waals surface area contributed by atoms with Gasteiger partial charge in [0.05, 0.1) is 6.10 Å². The fraction of sp³-hybridized carbons (Fsp3) is 0.583. The highest BCUT2D eigenvalue weighted by Crippen LogP contribution is 2.32. The minimum absolute atomic E-state index is 0.373. The van der Waals surface area contributed by atoms with Crippen molar-refractivity contribution in [2.45, 2.75) is 35.7 Å². The Morgan fingerprint density at radius 3 is 3.05 bits per heavy atom. The maximum absolute atomic E-state index is 5.40. The molecule has 1 saturated carbocycles. The van der Waals surface area contributed by atoms with E-state index < -0.39 is 0 Å². The van der Waals surface area contributed by atoms with Gasteiger partial charge in [0.1, 0.15) is 16.8 Å². The zero-order valence-corrected chi connectivity index (χ0v) is 12.6. The van der Waals surface area contributed by atoms with Gasteiger partial charge in [-0.3, -0.25) is 0 Å². The second-order valence-electron chi connectivity index (χ2n) is 4.57. The summed E-state index contributed by atoms with van der Waals surface area (Å²) in [6.45, 7) is 0. The number of nitrogens with zero attached hydrogens (tertiary/aromatic N) is 3. The summed E-state index contributed by atoms with van der Waals surface area (Å²) in [5.74, 6) is 0.907. The van der Waals surface area contributed by atoms with E-state index in [9.17, 15) is 0 Å². The van der Waals surface area contributed by atoms with E-state index in [1.165, 1.54) is 0 Å². The molecule has 19 heavy (non-hydrogen) atoms. The summed E-state index contributed by atoms with van der Waals surface area (Å²) in [7, 11) is 1.78. The molecule has 0 saturated heterocycles. The van der Waals surface area contributed by atoms with Crippen LogP contribution < -0.4 is 5.32 Å². The van der Waals surface area contributed by atoms with Gasteiger partial charge in [0.25, 0.3) is 0 Å². The highest BCUT2D eigenvalue weighted by molar-refractivity contribution is 8.00. The normalized spacial score (nSPS) is 23.1. The van der Waals surface area contributed by atoms with Gasteiger partial charge in [-0.2, -0.15) is 0 Å². The second kappa shape index (κ2) is 5.60. The van der Waals surface area contributed by atoms with Crippen LogP contribution in [0.1, 0.15) is 19.3 Å². The summed E-state index contributed by atoms with van der Waals surface area (Å²) in [4.78, 5) is 13.1. The lowest BCUT2D eigenvalue weighted by Gasteiger charge is -2.13. The molecule has 102 valence electrons. The summed E-state index contributed by atoms with van der Waals surface area (Å²) in [6.07, 6.45) is 7.25. The van der Waals surface area contributed by atoms with Crippen molar-refractivity contribution < 1.29 is 4.74 Å². The maximum atomic E-state index is 5.40. The third-order valence-corrected chi connectivity index (χ3v) is 5.44. The van der Waals surface area contributed by atoms with Crippen molar-refractivity contribution in [2.75, 3.05) is 18.7 Å². The number of thiazole rings is 1. The van der Waals surface area contributed by atoms with Crippen LogP contribution in [0.15, 0.2) is 10.7 Å². The van der Waals surface area contributed by atoms with Crippen LogP contribution in [0.4, 0.5) is 5.82 Å². The van der Waals surface area contributed by atoms with Crippen LogP contribution in [0.2, 0.25) is 0 Å². The lowest BCUT2D eigenvalue weighted by Crippen LogP contribution is -2.18. The van der Waals surface area contributed by atoms with Crippen molar-refractivity contribution >= 4 is 39.3 Å². The molecule has 0 radical (unpaired) electrons. The summed E-state index contributed by atoms with van der Waals surface area (Å²) in [5, 5.41) is 3.52. The Bertz CT molecular complexity index is 574. The summed E-state index contributed by atoms with van der Waals surface area (Å²) in [6, 6.07) is 0.433. The lowest BCUT2D eigenvalue weighted by molar-refractivity contribution is 0.108. The molecule has 2 aromatic rings. The van der Waals surface area contributed by atoms with Crippen molar-refractivity contribution in [1.29, 1.82) is 0 Å². The molecule has 0 amide bonds. The van der Waals surface area contributed by atoms with Crippen molar-refractivity contribution in [1.82, 2.24) is 15.0 Å². The average molecular weight is 296 g/mol. The van der Waals surface area contributed by atoms with Crippen LogP contribution in [0, 0.1) is 0 Å². The van der Waals surface area contributed by atoms with Crippen molar-refractivity contribution in [3.05, 3.63) is 6.33 Å². The van der Waals surface area contributed by atoms with Gasteiger partial charge in [-0.1, -0.05) is 11.8 Å². The van der Waals surface area contributed by atoms with Crippen molar-refractivity contribution in [3.63, 3.8) is 0 Å². The van der Waals surface area contributed by atoms with Gasteiger partial charge in [-0.05, 0) is 25.5 Å². The molecule has 2 heterocycles. The van der Waals surface area contributed by atoms with E-state index in [4.69, 9.17) is 4.74 Å². The van der Waals surface area contributed by atoms with Gasteiger partial charge in [0, 0.05) is 13.2 Å². The Balaban J connectivity index is 1.82. The fourth-order valence-electron chi connectivity index (χ4n) is 2.40. The van der Waals surface area contributed by atoms with Crippen molar-refractivity contribution in [2.24, 2.45) is 0 Å². The van der Waals surface area contributed by atoms with Gasteiger partial charge in [0.15, 0.2) is 9.99 Å². The highest BCUT2D eigenvalue weighted by atomic mass is 32.2. The molecule has 0 spiro atoms. The first kappa shape index (κ1) is 13.1. The predicted octanol–water partition coefficient (Wildman–Crippen LogP) is 2.79. The highest BCUT2D eigenvalue weighted by Gasteiger charge is 2.25. The first-order valence-corrected chi connectivity index (χ1v) is 8.29. The molecule has 3 rings (SSSR count). The van der Waals surface area contributed by atoms with E-state index in [1.54, 1.807) is 36.5 Å². The number of hydrogen-bond acceptors (Lipinski definition) is 7. The zero-order valence-electron chi connectivity index (χ0n) is 10.9. The maximum Gasteiger partial charge on any atom is 0.176 e. The molecule has 1 fully saturated rings. The number of fused-ring (bicyclic) bond motifs is 1. The van der Waals surface area contributed by atoms with Gasteiger partial charge in [-0.25, -0.2) is 15.0 Å². The molecule has 0 aromatic carbocycles. The summed E-state index contributed by atoms with van der Waals surface area (Å²) >= 11 is 3.29. The molecule has 0 bridgehead atoms. The van der Waals surface area contributed by atoms with Crippen LogP contribution >= 0.6 is 23.1 Å². The number of anilines is 1. The zero-order chi connectivity index (χ0) is 13.2. The molecule has 2 aromatic heterocycles. The lowest BCUT2D eigenvalue weighted by atomic mass is 10.2. The quantitative estimate of drug-likeness (QED) is 0.876. The first-order valence-electron chi connectivity index (χ1n) is 6.25. The molecule has 1 N–H and O–H groups in total. The van der Waals surface area contributed by atoms with Crippen LogP contribution in [-0.4, -0.2) is 40.5 Å². The number of rotatable bonds is 4. The van der Waals surface area contributed by atoms with E-state index in [1.807, 2.05) is 6.26 Å². The van der Waals surface area contributed by atoms with Gasteiger partial charge >= 0.3 is 0 Å². The third-order valence-electron chi connectivity index (χ3n) is 3.40. The standard InChI is InChI=1S/C12H16N4OS2/c1-17-8-4-3-7(5-8)15-10-9-11(14-6-13-10)16-12(18-2)19-9/h6-8H,3-5H2,1-2H3,(H,13,14,15). The van der Waals surface area contributed by atoms with E-state index in [0.717, 1.165) is 39.8 Å². The van der Waals surface area contributed by atoms with E-state index in [0.29, 0.717) is 12.1 Å². The van der Waals surface area contributed by atoms with Gasteiger partial charge < -0.3 is 10.1 Å². The van der Waals surface area contributed by atoms with E-state index in [2.05, 4.69) is 20.3 Å². The second-order valence-corrected chi connectivity index (χ2v) is 6.62. The summed E-state index contributed by atoms with van der Waals surface area (Å²) < 4.78 is 7.48. The van der Waals surface area contributed by atoms with Crippen LogP contribution in [0.5, 0.6) is 0 Å². The Hall–Kier alpha value is -0.920. The number of nitrogens with one attached hydrogen (secondary N) is 1. The molecule has 2 atom stereocenters. The minimum Gasteiger partial charge on any atom is -0.381 e. The molecule has 0 aliphatic heterocycles. The topological polar surface area (TPSA) is 59.9 Å². The molecule has 1 aliphatic carbocycles. The Kier molecular flexibility index (Phi) is 3.86.